The van der Waals surface area contributed by atoms with Gasteiger partial charge < -0.3 is 14.6 Å². The first-order valence-electron chi connectivity index (χ1n) is 7.32. The van der Waals surface area contributed by atoms with Crippen LogP contribution in [0.1, 0.15) is 44.7 Å². The van der Waals surface area contributed by atoms with Gasteiger partial charge in [-0.1, -0.05) is 13.8 Å². The molecule has 0 radical (unpaired) electrons. The van der Waals surface area contributed by atoms with Crippen molar-refractivity contribution >= 4 is 0 Å². The van der Waals surface area contributed by atoms with E-state index in [-0.39, 0.29) is 0 Å². The predicted octanol–water partition coefficient (Wildman–Crippen LogP) is 2.98. The van der Waals surface area contributed by atoms with E-state index in [1.54, 1.807) is 0 Å². The summed E-state index contributed by atoms with van der Waals surface area (Å²) in [5.41, 5.74) is 1.44. The molecule has 0 saturated heterocycles. The molecule has 1 aliphatic carbocycles. The van der Waals surface area contributed by atoms with Crippen LogP contribution < -0.4 is 5.32 Å². The molecule has 18 heavy (non-hydrogen) atoms. The lowest BCUT2D eigenvalue weighted by atomic mass is 10.1. The van der Waals surface area contributed by atoms with Gasteiger partial charge in [-0.15, -0.1) is 0 Å². The van der Waals surface area contributed by atoms with E-state index < -0.39 is 0 Å². The molecule has 0 spiro atoms. The summed E-state index contributed by atoms with van der Waals surface area (Å²) >= 11 is 0. The van der Waals surface area contributed by atoms with Gasteiger partial charge in [-0.05, 0) is 43.4 Å². The molecule has 3 nitrogen and oxygen atoms in total. The molecule has 1 aromatic heterocycles. The third-order valence-corrected chi connectivity index (χ3v) is 3.49. The summed E-state index contributed by atoms with van der Waals surface area (Å²) in [6.07, 6.45) is 8.31. The molecule has 1 aromatic rings. The summed E-state index contributed by atoms with van der Waals surface area (Å²) in [5.74, 6) is 0.858. The number of aromatic nitrogens is 1. The Bertz CT molecular complexity index is 344. The van der Waals surface area contributed by atoms with Crippen LogP contribution in [0.15, 0.2) is 18.5 Å². The van der Waals surface area contributed by atoms with Crippen LogP contribution in [0.3, 0.4) is 0 Å². The van der Waals surface area contributed by atoms with Crippen molar-refractivity contribution in [3.8, 4) is 0 Å². The Morgan fingerprint density at radius 1 is 1.39 bits per heavy atom. The van der Waals surface area contributed by atoms with Crippen LogP contribution in [0.25, 0.3) is 0 Å². The molecule has 1 heterocycles. The summed E-state index contributed by atoms with van der Waals surface area (Å²) in [7, 11) is 0. The minimum atomic E-state index is 0.563. The Labute approximate surface area is 111 Å². The van der Waals surface area contributed by atoms with E-state index >= 15 is 0 Å². The van der Waals surface area contributed by atoms with Gasteiger partial charge in [0, 0.05) is 31.6 Å². The molecule has 0 bridgehead atoms. The van der Waals surface area contributed by atoms with Crippen LogP contribution in [0.4, 0.5) is 0 Å². The summed E-state index contributed by atoms with van der Waals surface area (Å²) in [6.45, 7) is 8.03. The van der Waals surface area contributed by atoms with Gasteiger partial charge >= 0.3 is 0 Å². The second-order valence-electron chi connectivity index (χ2n) is 5.17. The molecule has 1 fully saturated rings. The van der Waals surface area contributed by atoms with E-state index in [0.717, 1.165) is 38.6 Å². The molecule has 0 aliphatic heterocycles. The van der Waals surface area contributed by atoms with Crippen LogP contribution in [-0.4, -0.2) is 24.3 Å². The molecule has 0 amide bonds. The SMILES string of the molecule is CCCOCCn1ccc(C(NCC)C2CC2)c1. The fourth-order valence-electron chi connectivity index (χ4n) is 2.40. The first-order chi connectivity index (χ1) is 8.85. The minimum Gasteiger partial charge on any atom is -0.380 e. The maximum Gasteiger partial charge on any atom is 0.0645 e. The highest BCUT2D eigenvalue weighted by Crippen LogP contribution is 2.40. The highest BCUT2D eigenvalue weighted by molar-refractivity contribution is 5.18. The average molecular weight is 250 g/mol. The predicted molar refractivity (Wildman–Crippen MR) is 74.7 cm³/mol. The van der Waals surface area contributed by atoms with Crippen molar-refractivity contribution in [3.05, 3.63) is 24.0 Å². The first kappa shape index (κ1) is 13.6. The number of hydrogen-bond donors (Lipinski definition) is 1. The normalized spacial score (nSPS) is 17.0. The fourth-order valence-corrected chi connectivity index (χ4v) is 2.40. The quantitative estimate of drug-likeness (QED) is 0.682. The standard InChI is InChI=1S/C15H26N2O/c1-3-10-18-11-9-17-8-7-14(12-17)15(16-4-2)13-5-6-13/h7-8,12-13,15-16H,3-6,9-11H2,1-2H3. The Balaban J connectivity index is 1.83. The molecule has 2 rings (SSSR count). The monoisotopic (exact) mass is 250 g/mol. The summed E-state index contributed by atoms with van der Waals surface area (Å²) in [5, 5.41) is 3.61. The van der Waals surface area contributed by atoms with Gasteiger partial charge in [0.2, 0.25) is 0 Å². The molecule has 1 atom stereocenters. The number of nitrogens with zero attached hydrogens (tertiary/aromatic N) is 1. The summed E-state index contributed by atoms with van der Waals surface area (Å²) < 4.78 is 7.78. The topological polar surface area (TPSA) is 26.2 Å². The summed E-state index contributed by atoms with van der Waals surface area (Å²) in [4.78, 5) is 0. The third-order valence-electron chi connectivity index (χ3n) is 3.49. The van der Waals surface area contributed by atoms with Gasteiger partial charge in [-0.25, -0.2) is 0 Å². The third kappa shape index (κ3) is 3.85. The number of rotatable bonds is 9. The average Bonchev–Trinajstić information content (AvgIpc) is 3.11. The Hall–Kier alpha value is -0.800. The number of nitrogens with one attached hydrogen (secondary N) is 1. The van der Waals surface area contributed by atoms with Gasteiger partial charge in [0.25, 0.3) is 0 Å². The smallest absolute Gasteiger partial charge is 0.0645 e. The van der Waals surface area contributed by atoms with Crippen molar-refractivity contribution < 1.29 is 4.74 Å². The Morgan fingerprint density at radius 2 is 2.22 bits per heavy atom. The molecule has 1 N–H and O–H groups in total. The second kappa shape index (κ2) is 6.95. The molecule has 3 heteroatoms. The molecule has 102 valence electrons. The van der Waals surface area contributed by atoms with E-state index in [4.69, 9.17) is 4.74 Å². The van der Waals surface area contributed by atoms with Gasteiger partial charge in [-0.3, -0.25) is 0 Å². The molecule has 1 saturated carbocycles. The zero-order chi connectivity index (χ0) is 12.8. The van der Waals surface area contributed by atoms with Gasteiger partial charge in [0.05, 0.1) is 6.61 Å². The van der Waals surface area contributed by atoms with E-state index in [2.05, 4.69) is 42.2 Å². The van der Waals surface area contributed by atoms with Gasteiger partial charge in [0.15, 0.2) is 0 Å². The molecule has 1 unspecified atom stereocenters. The van der Waals surface area contributed by atoms with E-state index in [0.29, 0.717) is 6.04 Å². The number of ether oxygens (including phenoxy) is 1. The number of hydrogen-bond acceptors (Lipinski definition) is 2. The van der Waals surface area contributed by atoms with E-state index in [1.807, 2.05) is 0 Å². The van der Waals surface area contributed by atoms with Crippen molar-refractivity contribution in [2.75, 3.05) is 19.8 Å². The molecule has 0 aromatic carbocycles. The van der Waals surface area contributed by atoms with E-state index in [1.165, 1.54) is 18.4 Å². The lowest BCUT2D eigenvalue weighted by Crippen LogP contribution is -2.22. The highest BCUT2D eigenvalue weighted by atomic mass is 16.5. The van der Waals surface area contributed by atoms with Crippen molar-refractivity contribution in [1.29, 1.82) is 0 Å². The first-order valence-corrected chi connectivity index (χ1v) is 7.32. The maximum absolute atomic E-state index is 5.53. The van der Waals surface area contributed by atoms with Crippen LogP contribution in [-0.2, 0) is 11.3 Å². The summed E-state index contributed by atoms with van der Waals surface area (Å²) in [6, 6.07) is 2.82. The zero-order valence-electron chi connectivity index (χ0n) is 11.7. The van der Waals surface area contributed by atoms with Crippen molar-refractivity contribution in [3.63, 3.8) is 0 Å². The second-order valence-corrected chi connectivity index (χ2v) is 5.17. The van der Waals surface area contributed by atoms with Gasteiger partial charge in [-0.2, -0.15) is 0 Å². The zero-order valence-corrected chi connectivity index (χ0v) is 11.7. The van der Waals surface area contributed by atoms with Crippen LogP contribution in [0.5, 0.6) is 0 Å². The van der Waals surface area contributed by atoms with Crippen LogP contribution in [0.2, 0.25) is 0 Å². The molecule has 1 aliphatic rings. The Kier molecular flexibility index (Phi) is 5.26. The van der Waals surface area contributed by atoms with Crippen LogP contribution in [0, 0.1) is 5.92 Å². The fraction of sp³-hybridized carbons (Fsp3) is 0.733. The van der Waals surface area contributed by atoms with Crippen molar-refractivity contribution in [2.24, 2.45) is 5.92 Å². The largest absolute Gasteiger partial charge is 0.380 e. The van der Waals surface area contributed by atoms with Crippen LogP contribution >= 0.6 is 0 Å². The van der Waals surface area contributed by atoms with Crippen molar-refractivity contribution in [1.82, 2.24) is 9.88 Å². The molecular formula is C15H26N2O. The lowest BCUT2D eigenvalue weighted by molar-refractivity contribution is 0.127. The highest BCUT2D eigenvalue weighted by Gasteiger charge is 2.31. The maximum atomic E-state index is 5.53. The van der Waals surface area contributed by atoms with E-state index in [9.17, 15) is 0 Å². The van der Waals surface area contributed by atoms with Gasteiger partial charge in [0.1, 0.15) is 0 Å². The minimum absolute atomic E-state index is 0.563. The molecular weight excluding hydrogens is 224 g/mol. The Morgan fingerprint density at radius 3 is 2.89 bits per heavy atom. The lowest BCUT2D eigenvalue weighted by Gasteiger charge is -2.15. The van der Waals surface area contributed by atoms with Crippen molar-refractivity contribution in [2.45, 2.75) is 45.7 Å².